The first kappa shape index (κ1) is 16.6. The molecule has 1 amide bonds. The summed E-state index contributed by atoms with van der Waals surface area (Å²) < 4.78 is 29.6. The molecule has 0 saturated carbocycles. The van der Waals surface area contributed by atoms with Crippen molar-refractivity contribution in [3.8, 4) is 22.8 Å². The minimum Gasteiger partial charge on any atom is -0.497 e. The van der Waals surface area contributed by atoms with Crippen molar-refractivity contribution in [1.29, 1.82) is 0 Å². The molecular formula is C19H16FNO4. The van der Waals surface area contributed by atoms with Crippen LogP contribution >= 0.6 is 0 Å². The van der Waals surface area contributed by atoms with E-state index >= 15 is 0 Å². The summed E-state index contributed by atoms with van der Waals surface area (Å²) in [5.74, 6) is 0.563. The predicted molar refractivity (Wildman–Crippen MR) is 91.6 cm³/mol. The molecule has 128 valence electrons. The Hall–Kier alpha value is -3.28. The van der Waals surface area contributed by atoms with E-state index in [0.29, 0.717) is 22.7 Å². The standard InChI is InChI=1S/C19H16FNO4/c1-23-13-9-12(10-14(11-13)24-2)21-19(22)18-8-7-17(25-18)15-5-3-4-6-16(15)20/h3-11H,1-2H3,(H,21,22). The van der Waals surface area contributed by atoms with Crippen molar-refractivity contribution in [2.45, 2.75) is 0 Å². The SMILES string of the molecule is COc1cc(NC(=O)c2ccc(-c3ccccc3F)o2)cc(OC)c1. The number of furan rings is 1. The molecule has 0 aliphatic heterocycles. The zero-order valence-electron chi connectivity index (χ0n) is 13.7. The highest BCUT2D eigenvalue weighted by molar-refractivity contribution is 6.02. The van der Waals surface area contributed by atoms with E-state index < -0.39 is 11.7 Å². The van der Waals surface area contributed by atoms with Gasteiger partial charge < -0.3 is 19.2 Å². The number of hydrogen-bond donors (Lipinski definition) is 1. The van der Waals surface area contributed by atoms with Crippen molar-refractivity contribution < 1.29 is 23.1 Å². The molecule has 0 atom stereocenters. The quantitative estimate of drug-likeness (QED) is 0.749. The Labute approximate surface area is 144 Å². The molecular weight excluding hydrogens is 325 g/mol. The van der Waals surface area contributed by atoms with Crippen molar-refractivity contribution in [1.82, 2.24) is 0 Å². The maximum absolute atomic E-state index is 13.8. The topological polar surface area (TPSA) is 60.7 Å². The largest absolute Gasteiger partial charge is 0.497 e. The van der Waals surface area contributed by atoms with Crippen LogP contribution in [0.5, 0.6) is 11.5 Å². The average Bonchev–Trinajstić information content (AvgIpc) is 3.11. The van der Waals surface area contributed by atoms with Crippen molar-refractivity contribution in [3.63, 3.8) is 0 Å². The average molecular weight is 341 g/mol. The number of rotatable bonds is 5. The zero-order valence-corrected chi connectivity index (χ0v) is 13.7. The number of benzene rings is 2. The molecule has 0 bridgehead atoms. The van der Waals surface area contributed by atoms with Gasteiger partial charge in [0.2, 0.25) is 0 Å². The molecule has 0 fully saturated rings. The van der Waals surface area contributed by atoms with Gasteiger partial charge in [0.05, 0.1) is 19.8 Å². The summed E-state index contributed by atoms with van der Waals surface area (Å²) in [4.78, 5) is 12.4. The fourth-order valence-corrected chi connectivity index (χ4v) is 2.34. The Bertz CT molecular complexity index is 882. The molecule has 25 heavy (non-hydrogen) atoms. The van der Waals surface area contributed by atoms with E-state index in [9.17, 15) is 9.18 Å². The van der Waals surface area contributed by atoms with E-state index in [-0.39, 0.29) is 11.5 Å². The number of anilines is 1. The Morgan fingerprint density at radius 2 is 1.68 bits per heavy atom. The highest BCUT2D eigenvalue weighted by Gasteiger charge is 2.15. The van der Waals surface area contributed by atoms with Gasteiger partial charge in [0, 0.05) is 23.9 Å². The number of amides is 1. The lowest BCUT2D eigenvalue weighted by atomic mass is 10.1. The molecule has 0 aliphatic carbocycles. The Morgan fingerprint density at radius 1 is 1.00 bits per heavy atom. The van der Waals surface area contributed by atoms with Gasteiger partial charge in [-0.15, -0.1) is 0 Å². The predicted octanol–water partition coefficient (Wildman–Crippen LogP) is 4.36. The molecule has 0 aliphatic rings. The maximum atomic E-state index is 13.8. The lowest BCUT2D eigenvalue weighted by Gasteiger charge is -2.09. The molecule has 0 saturated heterocycles. The third-order valence-corrected chi connectivity index (χ3v) is 3.58. The Balaban J connectivity index is 1.82. The highest BCUT2D eigenvalue weighted by atomic mass is 19.1. The summed E-state index contributed by atoms with van der Waals surface area (Å²) in [6.07, 6.45) is 0. The van der Waals surface area contributed by atoms with Crippen LogP contribution < -0.4 is 14.8 Å². The normalized spacial score (nSPS) is 10.4. The van der Waals surface area contributed by atoms with Gasteiger partial charge in [-0.2, -0.15) is 0 Å². The number of methoxy groups -OCH3 is 2. The molecule has 1 aromatic heterocycles. The first-order valence-electron chi connectivity index (χ1n) is 7.50. The summed E-state index contributed by atoms with van der Waals surface area (Å²) in [7, 11) is 3.04. The third kappa shape index (κ3) is 3.63. The van der Waals surface area contributed by atoms with Crippen LogP contribution in [0.25, 0.3) is 11.3 Å². The summed E-state index contributed by atoms with van der Waals surface area (Å²) >= 11 is 0. The van der Waals surface area contributed by atoms with Crippen molar-refractivity contribution >= 4 is 11.6 Å². The van der Waals surface area contributed by atoms with Gasteiger partial charge in [0.15, 0.2) is 5.76 Å². The van der Waals surface area contributed by atoms with Gasteiger partial charge in [-0.3, -0.25) is 4.79 Å². The van der Waals surface area contributed by atoms with Crippen LogP contribution in [0.2, 0.25) is 0 Å². The van der Waals surface area contributed by atoms with E-state index in [2.05, 4.69) is 5.32 Å². The fourth-order valence-electron chi connectivity index (χ4n) is 2.34. The van der Waals surface area contributed by atoms with E-state index in [1.807, 2.05) is 0 Å². The second-order valence-corrected chi connectivity index (χ2v) is 5.20. The van der Waals surface area contributed by atoms with Crippen LogP contribution in [0.3, 0.4) is 0 Å². The number of nitrogens with one attached hydrogen (secondary N) is 1. The Morgan fingerprint density at radius 3 is 2.32 bits per heavy atom. The number of halogens is 1. The summed E-state index contributed by atoms with van der Waals surface area (Å²) in [6.45, 7) is 0. The second kappa shape index (κ2) is 7.09. The minimum absolute atomic E-state index is 0.0695. The Kier molecular flexibility index (Phi) is 4.70. The van der Waals surface area contributed by atoms with E-state index in [4.69, 9.17) is 13.9 Å². The summed E-state index contributed by atoms with van der Waals surface area (Å²) in [5, 5.41) is 2.70. The lowest BCUT2D eigenvalue weighted by Crippen LogP contribution is -2.11. The molecule has 2 aromatic carbocycles. The zero-order chi connectivity index (χ0) is 17.8. The smallest absolute Gasteiger partial charge is 0.291 e. The lowest BCUT2D eigenvalue weighted by molar-refractivity contribution is 0.0997. The van der Waals surface area contributed by atoms with Crippen LogP contribution in [-0.2, 0) is 0 Å². The molecule has 5 nitrogen and oxygen atoms in total. The van der Waals surface area contributed by atoms with Crippen molar-refractivity contribution in [3.05, 3.63) is 66.2 Å². The molecule has 0 radical (unpaired) electrons. The maximum Gasteiger partial charge on any atom is 0.291 e. The number of ether oxygens (including phenoxy) is 2. The fraction of sp³-hybridized carbons (Fsp3) is 0.105. The van der Waals surface area contributed by atoms with E-state index in [0.717, 1.165) is 0 Å². The second-order valence-electron chi connectivity index (χ2n) is 5.20. The summed E-state index contributed by atoms with van der Waals surface area (Å²) in [6, 6.07) is 14.3. The van der Waals surface area contributed by atoms with E-state index in [1.165, 1.54) is 26.4 Å². The van der Waals surface area contributed by atoms with Crippen LogP contribution in [0, 0.1) is 5.82 Å². The summed E-state index contributed by atoms with van der Waals surface area (Å²) in [5.41, 5.74) is 0.787. The number of carbonyl (C=O) groups is 1. The van der Waals surface area contributed by atoms with Crippen LogP contribution in [-0.4, -0.2) is 20.1 Å². The highest BCUT2D eigenvalue weighted by Crippen LogP contribution is 2.28. The first-order chi connectivity index (χ1) is 12.1. The molecule has 1 heterocycles. The van der Waals surface area contributed by atoms with Gasteiger partial charge in [-0.05, 0) is 24.3 Å². The van der Waals surface area contributed by atoms with E-state index in [1.54, 1.807) is 42.5 Å². The molecule has 3 rings (SSSR count). The third-order valence-electron chi connectivity index (χ3n) is 3.58. The number of hydrogen-bond acceptors (Lipinski definition) is 4. The molecule has 6 heteroatoms. The van der Waals surface area contributed by atoms with Gasteiger partial charge in [-0.25, -0.2) is 4.39 Å². The van der Waals surface area contributed by atoms with Crippen LogP contribution in [0.15, 0.2) is 59.0 Å². The van der Waals surface area contributed by atoms with Gasteiger partial charge in [0.1, 0.15) is 23.1 Å². The van der Waals surface area contributed by atoms with Crippen molar-refractivity contribution in [2.75, 3.05) is 19.5 Å². The molecule has 3 aromatic rings. The first-order valence-corrected chi connectivity index (χ1v) is 7.50. The van der Waals surface area contributed by atoms with Gasteiger partial charge in [0.25, 0.3) is 5.91 Å². The van der Waals surface area contributed by atoms with Gasteiger partial charge >= 0.3 is 0 Å². The van der Waals surface area contributed by atoms with Crippen LogP contribution in [0.1, 0.15) is 10.6 Å². The molecule has 1 N–H and O–H groups in total. The number of carbonyl (C=O) groups excluding carboxylic acids is 1. The minimum atomic E-state index is -0.460. The molecule has 0 spiro atoms. The molecule has 0 unspecified atom stereocenters. The van der Waals surface area contributed by atoms with Crippen LogP contribution in [0.4, 0.5) is 10.1 Å². The van der Waals surface area contributed by atoms with Gasteiger partial charge in [-0.1, -0.05) is 12.1 Å². The monoisotopic (exact) mass is 341 g/mol. The van der Waals surface area contributed by atoms with Crippen molar-refractivity contribution in [2.24, 2.45) is 0 Å².